The maximum absolute atomic E-state index is 11.9. The second-order valence-corrected chi connectivity index (χ2v) is 6.16. The molecule has 0 aromatic carbocycles. The lowest BCUT2D eigenvalue weighted by Crippen LogP contribution is -2.50. The molecule has 0 spiro atoms. The molecule has 2 amide bonds. The van der Waals surface area contributed by atoms with Crippen LogP contribution in [0.4, 0.5) is 4.79 Å². The van der Waals surface area contributed by atoms with E-state index in [0.717, 1.165) is 5.75 Å². The molecule has 2 N–H and O–H groups in total. The Morgan fingerprint density at radius 3 is 2.65 bits per heavy atom. The summed E-state index contributed by atoms with van der Waals surface area (Å²) in [5.41, 5.74) is 0. The van der Waals surface area contributed by atoms with Gasteiger partial charge in [-0.2, -0.15) is 0 Å². The number of rotatable bonds is 6. The van der Waals surface area contributed by atoms with E-state index in [4.69, 9.17) is 4.74 Å². The van der Waals surface area contributed by atoms with Crippen molar-refractivity contribution in [3.63, 3.8) is 0 Å². The molecule has 2 atom stereocenters. The number of ether oxygens (including phenoxy) is 1. The highest BCUT2D eigenvalue weighted by Crippen LogP contribution is 2.19. The van der Waals surface area contributed by atoms with Crippen LogP contribution in [0.1, 0.15) is 33.6 Å². The molecule has 0 aromatic heterocycles. The summed E-state index contributed by atoms with van der Waals surface area (Å²) in [6.07, 6.45) is 1.13. The minimum absolute atomic E-state index is 0.0308. The first-order valence-corrected chi connectivity index (χ1v) is 7.82. The van der Waals surface area contributed by atoms with Gasteiger partial charge in [0.05, 0.1) is 6.61 Å². The lowest BCUT2D eigenvalue weighted by atomic mass is 10.0. The van der Waals surface area contributed by atoms with Crippen LogP contribution in [0.5, 0.6) is 0 Å². The number of carbonyl (C=O) groups is 3. The fourth-order valence-electron chi connectivity index (χ4n) is 1.91. The van der Waals surface area contributed by atoms with E-state index in [-0.39, 0.29) is 17.6 Å². The molecule has 2 unspecified atom stereocenters. The van der Waals surface area contributed by atoms with Crippen LogP contribution in [0.15, 0.2) is 0 Å². The summed E-state index contributed by atoms with van der Waals surface area (Å²) >= 11 is 1.22. The topological polar surface area (TPSA) is 84.5 Å². The van der Waals surface area contributed by atoms with Gasteiger partial charge in [-0.1, -0.05) is 25.6 Å². The van der Waals surface area contributed by atoms with Crippen molar-refractivity contribution in [3.05, 3.63) is 0 Å². The summed E-state index contributed by atoms with van der Waals surface area (Å²) < 4.78 is 4.94. The van der Waals surface area contributed by atoms with Crippen LogP contribution in [0.3, 0.4) is 0 Å². The number of hydrogen-bond donors (Lipinski definition) is 2. The van der Waals surface area contributed by atoms with Gasteiger partial charge in [0.2, 0.25) is 5.12 Å². The van der Waals surface area contributed by atoms with Gasteiger partial charge in [0.25, 0.3) is 0 Å². The van der Waals surface area contributed by atoms with Gasteiger partial charge in [0.1, 0.15) is 12.1 Å². The standard InChI is InChI=1S/C13H22N2O4S/c1-4-19-11(16)10(7-8(2)3)15-13(18)14-9-5-6-20-12(9)17/h8-10H,4-7H2,1-3H3,(H2,14,15,18). The number of hydrogen-bond acceptors (Lipinski definition) is 5. The predicted molar refractivity (Wildman–Crippen MR) is 77.4 cm³/mol. The minimum Gasteiger partial charge on any atom is -0.464 e. The van der Waals surface area contributed by atoms with Gasteiger partial charge in [-0.25, -0.2) is 9.59 Å². The summed E-state index contributed by atoms with van der Waals surface area (Å²) in [6, 6.07) is -1.63. The third-order valence-corrected chi connectivity index (χ3v) is 3.83. The number of thioether (sulfide) groups is 1. The average Bonchev–Trinajstić information content (AvgIpc) is 2.74. The smallest absolute Gasteiger partial charge is 0.328 e. The number of urea groups is 1. The third kappa shape index (κ3) is 5.40. The van der Waals surface area contributed by atoms with Crippen molar-refractivity contribution >= 4 is 28.9 Å². The van der Waals surface area contributed by atoms with E-state index in [1.807, 2.05) is 13.8 Å². The van der Waals surface area contributed by atoms with Gasteiger partial charge in [-0.05, 0) is 25.7 Å². The van der Waals surface area contributed by atoms with Gasteiger partial charge in [-0.3, -0.25) is 4.79 Å². The van der Waals surface area contributed by atoms with Gasteiger partial charge >= 0.3 is 12.0 Å². The van der Waals surface area contributed by atoms with Gasteiger partial charge in [0.15, 0.2) is 0 Å². The summed E-state index contributed by atoms with van der Waals surface area (Å²) in [4.78, 5) is 35.1. The highest BCUT2D eigenvalue weighted by molar-refractivity contribution is 8.14. The number of nitrogens with one attached hydrogen (secondary N) is 2. The summed E-state index contributed by atoms with van der Waals surface area (Å²) in [5, 5.41) is 5.16. The molecular formula is C13H22N2O4S. The Labute approximate surface area is 123 Å². The number of amides is 2. The first kappa shape index (κ1) is 16.8. The van der Waals surface area contributed by atoms with E-state index in [0.29, 0.717) is 12.8 Å². The Balaban J connectivity index is 2.52. The Hall–Kier alpha value is -1.24. The number of carbonyl (C=O) groups excluding carboxylic acids is 3. The molecule has 114 valence electrons. The zero-order chi connectivity index (χ0) is 15.1. The van der Waals surface area contributed by atoms with Crippen LogP contribution >= 0.6 is 11.8 Å². The van der Waals surface area contributed by atoms with E-state index < -0.39 is 24.1 Å². The monoisotopic (exact) mass is 302 g/mol. The van der Waals surface area contributed by atoms with Gasteiger partial charge in [-0.15, -0.1) is 0 Å². The molecule has 1 fully saturated rings. The summed E-state index contributed by atoms with van der Waals surface area (Å²) in [5.74, 6) is 0.522. The molecule has 1 rings (SSSR count). The van der Waals surface area contributed by atoms with E-state index in [1.165, 1.54) is 11.8 Å². The first-order valence-electron chi connectivity index (χ1n) is 6.84. The van der Waals surface area contributed by atoms with Crippen LogP contribution in [0, 0.1) is 5.92 Å². The molecule has 20 heavy (non-hydrogen) atoms. The first-order chi connectivity index (χ1) is 9.43. The molecule has 0 aromatic rings. The van der Waals surface area contributed by atoms with E-state index in [9.17, 15) is 14.4 Å². The lowest BCUT2D eigenvalue weighted by Gasteiger charge is -2.20. The lowest BCUT2D eigenvalue weighted by molar-refractivity contribution is -0.145. The van der Waals surface area contributed by atoms with Crippen LogP contribution in [-0.4, -0.2) is 41.6 Å². The van der Waals surface area contributed by atoms with Crippen molar-refractivity contribution < 1.29 is 19.1 Å². The van der Waals surface area contributed by atoms with E-state index in [2.05, 4.69) is 10.6 Å². The van der Waals surface area contributed by atoms with Crippen molar-refractivity contribution in [1.29, 1.82) is 0 Å². The molecule has 6 nitrogen and oxygen atoms in total. The van der Waals surface area contributed by atoms with Crippen LogP contribution < -0.4 is 10.6 Å². The number of esters is 1. The molecule has 0 radical (unpaired) electrons. The van der Waals surface area contributed by atoms with Crippen molar-refractivity contribution in [2.24, 2.45) is 5.92 Å². The molecule has 1 heterocycles. The maximum Gasteiger partial charge on any atom is 0.328 e. The van der Waals surface area contributed by atoms with Gasteiger partial charge in [0, 0.05) is 5.75 Å². The Bertz CT molecular complexity index is 373. The van der Waals surface area contributed by atoms with E-state index >= 15 is 0 Å². The van der Waals surface area contributed by atoms with Crippen LogP contribution in [-0.2, 0) is 14.3 Å². The molecule has 0 aliphatic carbocycles. The quantitative estimate of drug-likeness (QED) is 0.722. The summed E-state index contributed by atoms with van der Waals surface area (Å²) in [7, 11) is 0. The van der Waals surface area contributed by atoms with Crippen molar-refractivity contribution in [3.8, 4) is 0 Å². The van der Waals surface area contributed by atoms with Crippen molar-refractivity contribution in [2.45, 2.75) is 45.7 Å². The molecule has 0 saturated carbocycles. The minimum atomic E-state index is -0.681. The fourth-order valence-corrected chi connectivity index (χ4v) is 2.85. The molecule has 1 aliphatic rings. The fraction of sp³-hybridized carbons (Fsp3) is 0.769. The molecule has 0 bridgehead atoms. The molecule has 1 saturated heterocycles. The highest BCUT2D eigenvalue weighted by Gasteiger charge is 2.29. The van der Waals surface area contributed by atoms with Crippen molar-refractivity contribution in [2.75, 3.05) is 12.4 Å². The maximum atomic E-state index is 11.9. The summed E-state index contributed by atoms with van der Waals surface area (Å²) in [6.45, 7) is 5.92. The SMILES string of the molecule is CCOC(=O)C(CC(C)C)NC(=O)NC1CCSC1=O. The zero-order valence-corrected chi connectivity index (χ0v) is 12.9. The normalized spacial score (nSPS) is 19.8. The Kier molecular flexibility index (Phi) is 6.84. The Morgan fingerprint density at radius 1 is 1.45 bits per heavy atom. The molecule has 7 heteroatoms. The third-order valence-electron chi connectivity index (χ3n) is 2.82. The molecule has 1 aliphatic heterocycles. The molecular weight excluding hydrogens is 280 g/mol. The van der Waals surface area contributed by atoms with E-state index in [1.54, 1.807) is 6.92 Å². The van der Waals surface area contributed by atoms with Crippen LogP contribution in [0.25, 0.3) is 0 Å². The second kappa shape index (κ2) is 8.14. The van der Waals surface area contributed by atoms with Crippen LogP contribution in [0.2, 0.25) is 0 Å². The average molecular weight is 302 g/mol. The van der Waals surface area contributed by atoms with Gasteiger partial charge < -0.3 is 15.4 Å². The van der Waals surface area contributed by atoms with Crippen molar-refractivity contribution in [1.82, 2.24) is 10.6 Å². The highest BCUT2D eigenvalue weighted by atomic mass is 32.2. The predicted octanol–water partition coefficient (Wildman–Crippen LogP) is 1.30. The largest absolute Gasteiger partial charge is 0.464 e. The zero-order valence-electron chi connectivity index (χ0n) is 12.1. The second-order valence-electron chi connectivity index (χ2n) is 5.06. The Morgan fingerprint density at radius 2 is 2.15 bits per heavy atom.